The fraction of sp³-hybridized carbons (Fsp3) is 0.846. The summed E-state index contributed by atoms with van der Waals surface area (Å²) in [6.07, 6.45) is 7.76. The van der Waals surface area contributed by atoms with Crippen LogP contribution in [-0.4, -0.2) is 30.6 Å². The molecule has 0 aliphatic heterocycles. The molecule has 2 nitrogen and oxygen atoms in total. The van der Waals surface area contributed by atoms with Crippen molar-refractivity contribution in [2.75, 3.05) is 14.1 Å². The van der Waals surface area contributed by atoms with Gasteiger partial charge in [-0.15, -0.1) is 0 Å². The van der Waals surface area contributed by atoms with Crippen molar-refractivity contribution in [2.45, 2.75) is 57.0 Å². The summed E-state index contributed by atoms with van der Waals surface area (Å²) in [4.78, 5) is 2.33. The molecular weight excluding hydrogens is 184 g/mol. The number of nitrogens with zero attached hydrogens (tertiary/aromatic N) is 1. The molecule has 0 aromatic heterocycles. The minimum absolute atomic E-state index is 0.116. The third-order valence-corrected chi connectivity index (χ3v) is 3.97. The van der Waals surface area contributed by atoms with Crippen LogP contribution in [0.15, 0.2) is 12.2 Å². The lowest BCUT2D eigenvalue weighted by molar-refractivity contribution is 0.110. The van der Waals surface area contributed by atoms with E-state index in [-0.39, 0.29) is 11.6 Å². The molecule has 0 saturated heterocycles. The van der Waals surface area contributed by atoms with Gasteiger partial charge < -0.3 is 10.6 Å². The number of nitrogens with two attached hydrogens (primary N) is 1. The minimum atomic E-state index is 0.116. The molecule has 1 unspecified atom stereocenters. The van der Waals surface area contributed by atoms with Gasteiger partial charge in [0.2, 0.25) is 0 Å². The molecule has 0 heterocycles. The van der Waals surface area contributed by atoms with Gasteiger partial charge in [-0.3, -0.25) is 0 Å². The highest BCUT2D eigenvalue weighted by atomic mass is 15.2. The molecule has 88 valence electrons. The van der Waals surface area contributed by atoms with Gasteiger partial charge in [-0.1, -0.05) is 37.8 Å². The van der Waals surface area contributed by atoms with Gasteiger partial charge in [-0.2, -0.15) is 0 Å². The van der Waals surface area contributed by atoms with Gasteiger partial charge in [0.25, 0.3) is 0 Å². The maximum atomic E-state index is 6.36. The minimum Gasteiger partial charge on any atom is -0.323 e. The van der Waals surface area contributed by atoms with Gasteiger partial charge in [0.05, 0.1) is 0 Å². The van der Waals surface area contributed by atoms with E-state index >= 15 is 0 Å². The lowest BCUT2D eigenvalue weighted by atomic mass is 9.79. The van der Waals surface area contributed by atoms with Gasteiger partial charge in [0, 0.05) is 11.6 Å². The van der Waals surface area contributed by atoms with Crippen molar-refractivity contribution in [1.29, 1.82) is 0 Å². The Hall–Kier alpha value is -0.340. The maximum absolute atomic E-state index is 6.36. The fourth-order valence-corrected chi connectivity index (χ4v) is 2.84. The second-order valence-corrected chi connectivity index (χ2v) is 5.24. The van der Waals surface area contributed by atoms with E-state index < -0.39 is 0 Å². The topological polar surface area (TPSA) is 29.3 Å². The molecule has 0 amide bonds. The Labute approximate surface area is 94.5 Å². The summed E-state index contributed by atoms with van der Waals surface area (Å²) in [7, 11) is 4.32. The Kier molecular flexibility index (Phi) is 4.35. The maximum Gasteiger partial charge on any atom is 0.0435 e. The van der Waals surface area contributed by atoms with Gasteiger partial charge >= 0.3 is 0 Å². The summed E-state index contributed by atoms with van der Waals surface area (Å²) >= 11 is 0. The van der Waals surface area contributed by atoms with Crippen LogP contribution in [0.2, 0.25) is 0 Å². The molecule has 2 N–H and O–H groups in total. The second kappa shape index (κ2) is 5.13. The number of likely N-dealkylation sites (N-methyl/N-ethyl adjacent to an activating group) is 1. The molecular formula is C13H26N2. The quantitative estimate of drug-likeness (QED) is 0.573. The van der Waals surface area contributed by atoms with Crippen LogP contribution in [-0.2, 0) is 0 Å². The molecule has 1 aliphatic rings. The molecule has 0 radical (unpaired) electrons. The van der Waals surface area contributed by atoms with E-state index in [2.05, 4.69) is 32.5 Å². The predicted octanol–water partition coefficient (Wildman–Crippen LogP) is 2.54. The van der Waals surface area contributed by atoms with E-state index in [1.165, 1.54) is 38.5 Å². The molecule has 1 atom stereocenters. The zero-order valence-electron chi connectivity index (χ0n) is 10.6. The van der Waals surface area contributed by atoms with Crippen LogP contribution in [0, 0.1) is 0 Å². The Morgan fingerprint density at radius 3 is 2.00 bits per heavy atom. The molecule has 1 saturated carbocycles. The van der Waals surface area contributed by atoms with Crippen molar-refractivity contribution in [2.24, 2.45) is 5.73 Å². The third-order valence-electron chi connectivity index (χ3n) is 3.97. The zero-order valence-corrected chi connectivity index (χ0v) is 10.6. The first-order valence-corrected chi connectivity index (χ1v) is 6.09. The van der Waals surface area contributed by atoms with Crippen molar-refractivity contribution in [3.8, 4) is 0 Å². The summed E-state index contributed by atoms with van der Waals surface area (Å²) in [5.74, 6) is 0. The Balaban J connectivity index is 2.89. The number of rotatable bonds is 3. The lowest BCUT2D eigenvalue weighted by Gasteiger charge is -2.44. The van der Waals surface area contributed by atoms with Crippen LogP contribution in [0.4, 0.5) is 0 Å². The number of hydrogen-bond acceptors (Lipinski definition) is 2. The summed E-state index contributed by atoms with van der Waals surface area (Å²) in [6.45, 7) is 6.09. The van der Waals surface area contributed by atoms with Crippen molar-refractivity contribution in [1.82, 2.24) is 4.90 Å². The largest absolute Gasteiger partial charge is 0.323 e. The van der Waals surface area contributed by atoms with E-state index in [0.717, 1.165) is 5.57 Å². The van der Waals surface area contributed by atoms with Crippen LogP contribution in [0.3, 0.4) is 0 Å². The molecule has 1 rings (SSSR count). The number of hydrogen-bond donors (Lipinski definition) is 1. The summed E-state index contributed by atoms with van der Waals surface area (Å²) in [5, 5.41) is 0. The van der Waals surface area contributed by atoms with Gasteiger partial charge in [0.15, 0.2) is 0 Å². The molecule has 2 heteroatoms. The van der Waals surface area contributed by atoms with Gasteiger partial charge in [0.1, 0.15) is 0 Å². The second-order valence-electron chi connectivity index (χ2n) is 5.24. The van der Waals surface area contributed by atoms with E-state index in [1.807, 2.05) is 0 Å². The highest BCUT2D eigenvalue weighted by molar-refractivity contribution is 5.13. The van der Waals surface area contributed by atoms with E-state index in [4.69, 9.17) is 5.73 Å². The smallest absolute Gasteiger partial charge is 0.0435 e. The monoisotopic (exact) mass is 210 g/mol. The van der Waals surface area contributed by atoms with Gasteiger partial charge in [-0.25, -0.2) is 0 Å². The average molecular weight is 210 g/mol. The lowest BCUT2D eigenvalue weighted by Crippen LogP contribution is -2.57. The summed E-state index contributed by atoms with van der Waals surface area (Å²) < 4.78 is 0. The first-order valence-electron chi connectivity index (χ1n) is 6.09. The zero-order chi connectivity index (χ0) is 11.5. The molecule has 1 aliphatic carbocycles. The first-order chi connectivity index (χ1) is 7.00. The average Bonchev–Trinajstić information content (AvgIpc) is 2.42. The van der Waals surface area contributed by atoms with Crippen LogP contribution in [0.1, 0.15) is 45.4 Å². The van der Waals surface area contributed by atoms with E-state index in [1.54, 1.807) is 0 Å². The highest BCUT2D eigenvalue weighted by Gasteiger charge is 2.39. The first kappa shape index (κ1) is 12.7. The Morgan fingerprint density at radius 2 is 1.67 bits per heavy atom. The van der Waals surface area contributed by atoms with Crippen LogP contribution < -0.4 is 5.73 Å². The normalized spacial score (nSPS) is 23.5. The summed E-state index contributed by atoms with van der Waals surface area (Å²) in [6, 6.07) is 0.116. The van der Waals surface area contributed by atoms with Crippen LogP contribution in [0.5, 0.6) is 0 Å². The molecule has 0 bridgehead atoms. The van der Waals surface area contributed by atoms with Crippen molar-refractivity contribution in [3.05, 3.63) is 12.2 Å². The molecule has 1 fully saturated rings. The standard InChI is InChI=1S/C13H26N2/c1-11(2)12(14)13(15(3)4)9-7-5-6-8-10-13/h12H,1,5-10,14H2,2-4H3. The summed E-state index contributed by atoms with van der Waals surface area (Å²) in [5.41, 5.74) is 7.63. The third kappa shape index (κ3) is 2.61. The molecule has 0 spiro atoms. The van der Waals surface area contributed by atoms with Crippen molar-refractivity contribution in [3.63, 3.8) is 0 Å². The van der Waals surface area contributed by atoms with Crippen LogP contribution >= 0.6 is 0 Å². The molecule has 0 aromatic rings. The van der Waals surface area contributed by atoms with Crippen LogP contribution in [0.25, 0.3) is 0 Å². The fourth-order valence-electron chi connectivity index (χ4n) is 2.84. The SMILES string of the molecule is C=C(C)C(N)C1(N(C)C)CCCCCC1. The molecule has 0 aromatic carbocycles. The van der Waals surface area contributed by atoms with E-state index in [9.17, 15) is 0 Å². The van der Waals surface area contributed by atoms with Crippen molar-refractivity contribution < 1.29 is 0 Å². The highest BCUT2D eigenvalue weighted by Crippen LogP contribution is 2.35. The Morgan fingerprint density at radius 1 is 1.20 bits per heavy atom. The predicted molar refractivity (Wildman–Crippen MR) is 66.9 cm³/mol. The van der Waals surface area contributed by atoms with Crippen molar-refractivity contribution >= 4 is 0 Å². The van der Waals surface area contributed by atoms with E-state index in [0.29, 0.717) is 0 Å². The molecule has 15 heavy (non-hydrogen) atoms. The van der Waals surface area contributed by atoms with Gasteiger partial charge in [-0.05, 0) is 33.9 Å². The Bertz CT molecular complexity index is 213.